The molecule has 0 bridgehead atoms. The molecule has 0 radical (unpaired) electrons. The summed E-state index contributed by atoms with van der Waals surface area (Å²) in [5.41, 5.74) is 3.84. The number of anilines is 1. The molecule has 3 aromatic heterocycles. The summed E-state index contributed by atoms with van der Waals surface area (Å²) in [6.07, 6.45) is 6.75. The fraction of sp³-hybridized carbons (Fsp3) is 0.214. The summed E-state index contributed by atoms with van der Waals surface area (Å²) >= 11 is 1.59. The van der Waals surface area contributed by atoms with Crippen LogP contribution in [0.5, 0.6) is 0 Å². The lowest BCUT2D eigenvalue weighted by Gasteiger charge is -2.30. The molecule has 0 unspecified atom stereocenters. The summed E-state index contributed by atoms with van der Waals surface area (Å²) in [5.74, 6) is 0.335. The molecule has 5 aromatic rings. The van der Waals surface area contributed by atoms with E-state index >= 15 is 0 Å². The van der Waals surface area contributed by atoms with E-state index in [1.54, 1.807) is 51.7 Å². The molecule has 0 saturated carbocycles. The van der Waals surface area contributed by atoms with Crippen LogP contribution < -0.4 is 5.32 Å². The number of nitrogens with one attached hydrogen (secondary N) is 1. The third kappa shape index (κ3) is 5.05. The van der Waals surface area contributed by atoms with E-state index in [1.807, 2.05) is 43.3 Å². The second-order valence-electron chi connectivity index (χ2n) is 9.35. The fourth-order valence-electron chi connectivity index (χ4n) is 4.66. The number of hydrogen-bond donors (Lipinski definition) is 1. The van der Waals surface area contributed by atoms with Crippen molar-refractivity contribution in [2.75, 3.05) is 18.4 Å². The highest BCUT2D eigenvalue weighted by atomic mass is 32.2. The maximum atomic E-state index is 13.6. The van der Waals surface area contributed by atoms with Crippen molar-refractivity contribution < 1.29 is 9.18 Å². The van der Waals surface area contributed by atoms with Crippen LogP contribution in [-0.4, -0.2) is 47.7 Å². The predicted octanol–water partition coefficient (Wildman–Crippen LogP) is 5.50. The van der Waals surface area contributed by atoms with Crippen molar-refractivity contribution in [1.82, 2.24) is 28.7 Å². The summed E-state index contributed by atoms with van der Waals surface area (Å²) < 4.78 is 19.2. The van der Waals surface area contributed by atoms with Gasteiger partial charge in [-0.15, -0.1) is 0 Å². The first kappa shape index (κ1) is 24.3. The van der Waals surface area contributed by atoms with Crippen molar-refractivity contribution in [2.24, 2.45) is 0 Å². The topological polar surface area (TPSA) is 80.4 Å². The highest BCUT2D eigenvalue weighted by molar-refractivity contribution is 7.97. The van der Waals surface area contributed by atoms with Gasteiger partial charge in [0.25, 0.3) is 5.91 Å². The zero-order chi connectivity index (χ0) is 26.1. The van der Waals surface area contributed by atoms with Crippen molar-refractivity contribution in [1.29, 1.82) is 0 Å². The van der Waals surface area contributed by atoms with Gasteiger partial charge in [-0.05, 0) is 68.1 Å². The van der Waals surface area contributed by atoms with Crippen LogP contribution in [0.1, 0.15) is 40.4 Å². The van der Waals surface area contributed by atoms with E-state index in [9.17, 15) is 9.18 Å². The molecule has 1 saturated heterocycles. The Kier molecular flexibility index (Phi) is 6.65. The van der Waals surface area contributed by atoms with Crippen LogP contribution in [0.25, 0.3) is 11.3 Å². The quantitative estimate of drug-likeness (QED) is 0.294. The Morgan fingerprint density at radius 1 is 1.08 bits per heavy atom. The van der Waals surface area contributed by atoms with Crippen LogP contribution in [0, 0.1) is 12.7 Å². The number of piperidine rings is 1. The second kappa shape index (κ2) is 10.4. The smallest absolute Gasteiger partial charge is 0.262 e. The summed E-state index contributed by atoms with van der Waals surface area (Å²) in [7, 11) is 0. The van der Waals surface area contributed by atoms with E-state index in [4.69, 9.17) is 5.10 Å². The van der Waals surface area contributed by atoms with E-state index in [1.165, 1.54) is 12.3 Å². The molecule has 1 aliphatic heterocycles. The molecule has 10 heteroatoms. The Morgan fingerprint density at radius 3 is 2.68 bits per heavy atom. The number of fused-ring (bicyclic) bond motifs is 1. The third-order valence-electron chi connectivity index (χ3n) is 6.68. The van der Waals surface area contributed by atoms with Gasteiger partial charge < -0.3 is 5.32 Å². The van der Waals surface area contributed by atoms with Gasteiger partial charge in [-0.2, -0.15) is 10.2 Å². The summed E-state index contributed by atoms with van der Waals surface area (Å²) in [6.45, 7) is 3.76. The molecule has 8 nitrogen and oxygen atoms in total. The lowest BCUT2D eigenvalue weighted by molar-refractivity contribution is 0.102. The van der Waals surface area contributed by atoms with Crippen LogP contribution >= 0.6 is 11.9 Å². The molecule has 1 N–H and O–H groups in total. The largest absolute Gasteiger partial charge is 0.306 e. The maximum Gasteiger partial charge on any atom is 0.262 e. The van der Waals surface area contributed by atoms with E-state index in [2.05, 4.69) is 19.7 Å². The second-order valence-corrected chi connectivity index (χ2v) is 10.5. The number of carbonyl (C=O) groups excluding carboxylic acids is 1. The summed E-state index contributed by atoms with van der Waals surface area (Å²) in [4.78, 5) is 18.5. The molecule has 1 aliphatic rings. The Labute approximate surface area is 223 Å². The average Bonchev–Trinajstić information content (AvgIpc) is 3.54. The van der Waals surface area contributed by atoms with Crippen LogP contribution in [0.4, 0.5) is 10.2 Å². The van der Waals surface area contributed by atoms with Crippen LogP contribution in [0.2, 0.25) is 0 Å². The minimum atomic E-state index is -0.292. The first-order chi connectivity index (χ1) is 18.5. The molecule has 1 amide bonds. The molecule has 0 aliphatic carbocycles. The Balaban J connectivity index is 1.23. The van der Waals surface area contributed by atoms with Crippen LogP contribution in [-0.2, 0) is 0 Å². The van der Waals surface area contributed by atoms with Gasteiger partial charge in [0.2, 0.25) is 0 Å². The van der Waals surface area contributed by atoms with E-state index in [0.717, 1.165) is 47.8 Å². The van der Waals surface area contributed by atoms with Gasteiger partial charge in [0.15, 0.2) is 5.65 Å². The Bertz CT molecular complexity index is 1590. The SMILES string of the molecule is Cc1ccc(-n2nc(C3CCN(Sc4cccc(F)c4)CC3)cc2NC(=O)c2cnn3cccnc23)cc1. The van der Waals surface area contributed by atoms with Gasteiger partial charge in [0.1, 0.15) is 17.2 Å². The van der Waals surface area contributed by atoms with Gasteiger partial charge in [-0.3, -0.25) is 4.79 Å². The Hall–Kier alpha value is -4.02. The van der Waals surface area contributed by atoms with Gasteiger partial charge in [0.05, 0.1) is 17.6 Å². The summed E-state index contributed by atoms with van der Waals surface area (Å²) in [5, 5.41) is 12.2. The number of hydrogen-bond acceptors (Lipinski definition) is 6. The van der Waals surface area contributed by atoms with E-state index in [0.29, 0.717) is 17.0 Å². The number of amides is 1. The number of aryl methyl sites for hydroxylation is 1. The number of nitrogens with zero attached hydrogens (tertiary/aromatic N) is 6. The molecule has 6 rings (SSSR count). The maximum absolute atomic E-state index is 13.6. The molecule has 38 heavy (non-hydrogen) atoms. The zero-order valence-corrected chi connectivity index (χ0v) is 21.6. The van der Waals surface area contributed by atoms with Crippen molar-refractivity contribution in [3.63, 3.8) is 0 Å². The van der Waals surface area contributed by atoms with Crippen LogP contribution in [0.3, 0.4) is 0 Å². The minimum Gasteiger partial charge on any atom is -0.306 e. The molecule has 4 heterocycles. The number of carbonyl (C=O) groups is 1. The monoisotopic (exact) mass is 527 g/mol. The first-order valence-corrected chi connectivity index (χ1v) is 13.3. The number of aromatic nitrogens is 5. The molecule has 0 atom stereocenters. The average molecular weight is 528 g/mol. The number of rotatable bonds is 6. The molecular formula is C28H26FN7OS. The number of halogens is 1. The van der Waals surface area contributed by atoms with E-state index in [-0.39, 0.29) is 17.6 Å². The minimum absolute atomic E-state index is 0.221. The van der Waals surface area contributed by atoms with Gasteiger partial charge in [-0.25, -0.2) is 22.9 Å². The predicted molar refractivity (Wildman–Crippen MR) is 145 cm³/mol. The molecule has 0 spiro atoms. The number of benzene rings is 2. The first-order valence-electron chi connectivity index (χ1n) is 12.5. The molecule has 2 aromatic carbocycles. The standard InChI is InChI=1S/C28H26FN7OS/c1-19-6-8-22(9-7-19)36-26(32-28(37)24-18-31-35-13-3-12-30-27(24)35)17-25(33-36)20-10-14-34(15-11-20)38-23-5-2-4-21(29)16-23/h2-9,12-13,16-18,20H,10-11,14-15H2,1H3,(H,32,37). The third-order valence-corrected chi connectivity index (χ3v) is 7.76. The highest BCUT2D eigenvalue weighted by Gasteiger charge is 2.26. The highest BCUT2D eigenvalue weighted by Crippen LogP contribution is 2.34. The van der Waals surface area contributed by atoms with Gasteiger partial charge in [-0.1, -0.05) is 23.8 Å². The zero-order valence-electron chi connectivity index (χ0n) is 20.8. The van der Waals surface area contributed by atoms with Crippen molar-refractivity contribution >= 4 is 29.3 Å². The van der Waals surface area contributed by atoms with Crippen molar-refractivity contribution in [2.45, 2.75) is 30.6 Å². The molecular weight excluding hydrogens is 501 g/mol. The Morgan fingerprint density at radius 2 is 1.89 bits per heavy atom. The normalized spacial score (nSPS) is 14.7. The van der Waals surface area contributed by atoms with Crippen LogP contribution in [0.15, 0.2) is 84.1 Å². The van der Waals surface area contributed by atoms with E-state index < -0.39 is 0 Å². The van der Waals surface area contributed by atoms with Gasteiger partial charge >= 0.3 is 0 Å². The van der Waals surface area contributed by atoms with Crippen molar-refractivity contribution in [3.05, 3.63) is 102 Å². The lowest BCUT2D eigenvalue weighted by atomic mass is 9.95. The summed E-state index contributed by atoms with van der Waals surface area (Å²) in [6, 6.07) is 18.5. The van der Waals surface area contributed by atoms with Crippen molar-refractivity contribution in [3.8, 4) is 5.69 Å². The fourth-order valence-corrected chi connectivity index (χ4v) is 5.65. The van der Waals surface area contributed by atoms with Gasteiger partial charge in [0, 0.05) is 42.4 Å². The molecule has 192 valence electrons. The lowest BCUT2D eigenvalue weighted by Crippen LogP contribution is -2.27. The molecule has 1 fully saturated rings.